The highest BCUT2D eigenvalue weighted by molar-refractivity contribution is 5.54. The van der Waals surface area contributed by atoms with Gasteiger partial charge < -0.3 is 15.5 Å². The van der Waals surface area contributed by atoms with Crippen LogP contribution in [0.2, 0.25) is 0 Å². The predicted octanol–water partition coefficient (Wildman–Crippen LogP) is 16.5. The van der Waals surface area contributed by atoms with Gasteiger partial charge in [0.25, 0.3) is 0 Å². The number of fused-ring (bicyclic) bond motifs is 3. The Morgan fingerprint density at radius 3 is 1.40 bits per heavy atom. The van der Waals surface area contributed by atoms with Gasteiger partial charge in [-0.1, -0.05) is 74.8 Å². The zero-order valence-electron chi connectivity index (χ0n) is 54.9. The summed E-state index contributed by atoms with van der Waals surface area (Å²) in [6, 6.07) is 10.1. The lowest BCUT2D eigenvalue weighted by atomic mass is 9.53. The molecule has 7 aliphatic heterocycles. The number of anilines is 1. The van der Waals surface area contributed by atoms with Gasteiger partial charge in [0, 0.05) is 81.2 Å². The van der Waals surface area contributed by atoms with Crippen molar-refractivity contribution in [3.05, 3.63) is 29.3 Å². The smallest absolute Gasteiger partial charge is 0.0414 e. The molecule has 1 aromatic carbocycles. The first-order chi connectivity index (χ1) is 33.4. The molecular weight excluding hydrogens is 915 g/mol. The molecule has 6 saturated heterocycles. The highest BCUT2D eigenvalue weighted by Crippen LogP contribution is 2.58. The molecule has 0 aromatic heterocycles. The van der Waals surface area contributed by atoms with Crippen LogP contribution in [0.15, 0.2) is 18.2 Å². The van der Waals surface area contributed by atoms with Crippen LogP contribution in [0.5, 0.6) is 0 Å². The standard InChI is InChI=1S/C14H22N2.C14H29N.C13H26N2.C13H23N.C13H27N.CH4/c1-13(2)11-8-7-10(15-5)9-12(11)14(3,4)16(13)6;1-12(2,3)11-9-13(4,5)15(8)14(6,7)10-11;1-13(2,3)14-10-8-11-6-5-7-12(9-10)15(11)4;1-4-12-9-5-11-6-10(12)8-13(2,7-9)14(11)3;1-11(2,3)10-9-12(4,5)14(8)13(10,6)7;/h7-9,15H,1-6H3;11H,9-10H2,1-8H3;10-12,14H,5-9H2,1-4H3;9-12H,4-8H2,1-3H3;10H,9H2,1-8H3;1H4. The van der Waals surface area contributed by atoms with Gasteiger partial charge in [0.2, 0.25) is 0 Å². The van der Waals surface area contributed by atoms with Crippen molar-refractivity contribution in [2.45, 2.75) is 319 Å². The van der Waals surface area contributed by atoms with Crippen LogP contribution in [0.25, 0.3) is 0 Å². The fraction of sp³-hybridized carbons (Fsp3) is 0.912. The van der Waals surface area contributed by atoms with Crippen LogP contribution >= 0.6 is 0 Å². The average molecular weight is 1050 g/mol. The highest BCUT2D eigenvalue weighted by Gasteiger charge is 2.56. The molecular formula is C68H131N7. The second-order valence-electron chi connectivity index (χ2n) is 33.2. The first kappa shape index (κ1) is 66.3. The van der Waals surface area contributed by atoms with E-state index < -0.39 is 0 Å². The van der Waals surface area contributed by atoms with Crippen molar-refractivity contribution < 1.29 is 0 Å². The fourth-order valence-corrected chi connectivity index (χ4v) is 17.3. The van der Waals surface area contributed by atoms with E-state index in [-0.39, 0.29) is 24.0 Å². The molecule has 6 bridgehead atoms. The van der Waals surface area contributed by atoms with E-state index in [2.05, 4.69) is 248 Å². The molecule has 7 heterocycles. The highest BCUT2D eigenvalue weighted by atomic mass is 15.3. The number of nitrogens with one attached hydrogen (secondary N) is 2. The van der Waals surface area contributed by atoms with Gasteiger partial charge in [-0.3, -0.25) is 19.6 Å². The molecule has 1 aromatic rings. The normalized spacial score (nSPS) is 34.5. The maximum Gasteiger partial charge on any atom is 0.0414 e. The summed E-state index contributed by atoms with van der Waals surface area (Å²) in [6.45, 7) is 54.2. The minimum Gasteiger partial charge on any atom is -0.388 e. The van der Waals surface area contributed by atoms with Crippen LogP contribution < -0.4 is 10.6 Å². The first-order valence-electron chi connectivity index (χ1n) is 30.6. The van der Waals surface area contributed by atoms with Gasteiger partial charge in [-0.15, -0.1) is 0 Å². The van der Waals surface area contributed by atoms with Crippen molar-refractivity contribution in [3.63, 3.8) is 0 Å². The van der Waals surface area contributed by atoms with Gasteiger partial charge >= 0.3 is 0 Å². The Labute approximate surface area is 469 Å². The zero-order chi connectivity index (χ0) is 56.5. The molecule has 0 amide bonds. The van der Waals surface area contributed by atoms with E-state index in [9.17, 15) is 0 Å². The van der Waals surface area contributed by atoms with Crippen LogP contribution in [0.1, 0.15) is 261 Å². The number of hydrogen-bond donors (Lipinski definition) is 2. The van der Waals surface area contributed by atoms with Crippen molar-refractivity contribution in [2.75, 3.05) is 47.6 Å². The molecule has 2 N–H and O–H groups in total. The molecule has 7 nitrogen and oxygen atoms in total. The van der Waals surface area contributed by atoms with Crippen LogP contribution in [-0.2, 0) is 11.1 Å². The molecule has 75 heavy (non-hydrogen) atoms. The number of piperidine rings is 5. The monoisotopic (exact) mass is 1050 g/mol. The van der Waals surface area contributed by atoms with Crippen molar-refractivity contribution >= 4 is 5.69 Å². The maximum absolute atomic E-state index is 3.78. The summed E-state index contributed by atoms with van der Waals surface area (Å²) in [5.74, 6) is 4.82. The predicted molar refractivity (Wildman–Crippen MR) is 332 cm³/mol. The van der Waals surface area contributed by atoms with Crippen LogP contribution in [0, 0.1) is 40.4 Å². The van der Waals surface area contributed by atoms with Gasteiger partial charge in [-0.05, 0) is 280 Å². The van der Waals surface area contributed by atoms with Gasteiger partial charge in [0.1, 0.15) is 0 Å². The summed E-state index contributed by atoms with van der Waals surface area (Å²) in [6.07, 6.45) is 18.3. The van der Waals surface area contributed by atoms with E-state index in [0.717, 1.165) is 53.8 Å². The number of likely N-dealkylation sites (tertiary alicyclic amines) is 2. The van der Waals surface area contributed by atoms with Crippen molar-refractivity contribution in [1.82, 2.24) is 29.8 Å². The average Bonchev–Trinajstić information content (AvgIpc) is 3.50. The Balaban J connectivity index is 0.000000202. The van der Waals surface area contributed by atoms with E-state index >= 15 is 0 Å². The summed E-state index contributed by atoms with van der Waals surface area (Å²) in [4.78, 5) is 12.9. The van der Waals surface area contributed by atoms with Gasteiger partial charge in [-0.2, -0.15) is 0 Å². The fourth-order valence-electron chi connectivity index (χ4n) is 17.3. The van der Waals surface area contributed by atoms with E-state index in [4.69, 9.17) is 0 Å². The molecule has 0 spiro atoms. The SMILES string of the molecule is C.CCC1C2CC3CC1CC(C)(C2)N3C.CN1C(C)(C)CC(C(C)(C)C)C1(C)C.CN1C(C)(C)CC(C(C)(C)C)CC1(C)C.CN1C2CCCC1CC(NC(C)(C)C)C2.CNc1ccc2c(c1)C(C)(C)N(C)C2(C)C. The quantitative estimate of drug-likeness (QED) is 0.313. The Morgan fingerprint density at radius 2 is 1.03 bits per heavy atom. The largest absolute Gasteiger partial charge is 0.388 e. The first-order valence-corrected chi connectivity index (χ1v) is 30.6. The Bertz CT molecular complexity index is 1940. The van der Waals surface area contributed by atoms with Crippen LogP contribution in [-0.4, -0.2) is 124 Å². The number of benzene rings is 1. The third-order valence-electron chi connectivity index (χ3n) is 22.8. The summed E-state index contributed by atoms with van der Waals surface area (Å²) < 4.78 is 0. The molecule has 10 rings (SSSR count). The molecule has 5 atom stereocenters. The topological polar surface area (TPSA) is 40.3 Å². The molecule has 2 aliphatic carbocycles. The van der Waals surface area contributed by atoms with Gasteiger partial charge in [-0.25, -0.2) is 0 Å². The molecule has 7 heteroatoms. The summed E-state index contributed by atoms with van der Waals surface area (Å²) in [5, 5.41) is 7.00. The molecule has 438 valence electrons. The molecule has 8 fully saturated rings. The van der Waals surface area contributed by atoms with Gasteiger partial charge in [0.15, 0.2) is 0 Å². The summed E-state index contributed by atoms with van der Waals surface area (Å²) in [7, 11) is 13.4. The zero-order valence-corrected chi connectivity index (χ0v) is 54.9. The minimum atomic E-state index is 0. The lowest BCUT2D eigenvalue weighted by Crippen LogP contribution is -2.65. The summed E-state index contributed by atoms with van der Waals surface area (Å²) >= 11 is 0. The number of rotatable bonds is 3. The van der Waals surface area contributed by atoms with E-state index in [0.29, 0.717) is 38.5 Å². The molecule has 5 unspecified atom stereocenters. The number of hydrogen-bond acceptors (Lipinski definition) is 7. The van der Waals surface area contributed by atoms with Crippen molar-refractivity contribution in [3.8, 4) is 0 Å². The van der Waals surface area contributed by atoms with Crippen molar-refractivity contribution in [2.24, 2.45) is 40.4 Å². The molecule has 9 aliphatic rings. The van der Waals surface area contributed by atoms with Crippen LogP contribution in [0.3, 0.4) is 0 Å². The summed E-state index contributed by atoms with van der Waals surface area (Å²) in [5.41, 5.74) is 7.32. The second kappa shape index (κ2) is 23.0. The van der Waals surface area contributed by atoms with E-state index in [1.165, 1.54) is 100 Å². The Morgan fingerprint density at radius 1 is 0.560 bits per heavy atom. The van der Waals surface area contributed by atoms with Crippen molar-refractivity contribution in [1.29, 1.82) is 0 Å². The van der Waals surface area contributed by atoms with Gasteiger partial charge in [0.05, 0.1) is 0 Å². The number of nitrogens with zero attached hydrogens (tertiary/aromatic N) is 5. The van der Waals surface area contributed by atoms with E-state index in [1.807, 2.05) is 7.05 Å². The molecule has 0 radical (unpaired) electrons. The third-order valence-corrected chi connectivity index (χ3v) is 22.8. The lowest BCUT2D eigenvalue weighted by Gasteiger charge is -2.64. The Hall–Kier alpha value is -1.22. The van der Waals surface area contributed by atoms with Crippen LogP contribution in [0.4, 0.5) is 5.69 Å². The molecule has 2 saturated carbocycles. The maximum atomic E-state index is 3.78. The second-order valence-corrected chi connectivity index (χ2v) is 33.2. The Kier molecular flexibility index (Phi) is 20.3. The van der Waals surface area contributed by atoms with E-state index in [1.54, 1.807) is 0 Å². The minimum absolute atomic E-state index is 0. The lowest BCUT2D eigenvalue weighted by molar-refractivity contribution is -0.131. The third kappa shape index (κ3) is 14.3.